The van der Waals surface area contributed by atoms with Gasteiger partial charge < -0.3 is 9.47 Å². The van der Waals surface area contributed by atoms with Crippen molar-refractivity contribution in [2.45, 2.75) is 24.7 Å². The number of aromatic nitrogens is 1. The van der Waals surface area contributed by atoms with Crippen LogP contribution in [0.4, 0.5) is 17.1 Å². The van der Waals surface area contributed by atoms with Crippen LogP contribution < -0.4 is 4.90 Å². The maximum absolute atomic E-state index is 2.52. The Morgan fingerprint density at radius 3 is 1.15 bits per heavy atom. The van der Waals surface area contributed by atoms with E-state index in [2.05, 4.69) is 375 Å². The third-order valence-electron chi connectivity index (χ3n) is 21.1. The molecule has 0 saturated carbocycles. The van der Waals surface area contributed by atoms with E-state index in [0.29, 0.717) is 0 Å². The van der Waals surface area contributed by atoms with Crippen LogP contribution in [0.3, 0.4) is 0 Å². The molecule has 19 rings (SSSR count). The van der Waals surface area contributed by atoms with Crippen molar-refractivity contribution in [1.82, 2.24) is 4.57 Å². The van der Waals surface area contributed by atoms with Gasteiger partial charge in [0.15, 0.2) is 0 Å². The summed E-state index contributed by atoms with van der Waals surface area (Å²) in [6.45, 7) is 4.46. The Bertz CT molecular complexity index is 5660. The fraction of sp³-hybridized carbons (Fsp3) is 0.0426. The van der Waals surface area contributed by atoms with Crippen LogP contribution in [-0.4, -0.2) is 4.57 Å². The molecular weight excluding hydrogens is 1190 g/mol. The van der Waals surface area contributed by atoms with Crippen LogP contribution in [0.1, 0.15) is 55.6 Å². The highest BCUT2D eigenvalue weighted by atomic mass is 32.1. The van der Waals surface area contributed by atoms with Crippen LogP contribution in [0, 0.1) is 13.8 Å². The van der Waals surface area contributed by atoms with Gasteiger partial charge >= 0.3 is 0 Å². The van der Waals surface area contributed by atoms with Gasteiger partial charge in [-0.15, -0.1) is 11.3 Å². The summed E-state index contributed by atoms with van der Waals surface area (Å²) in [6, 6.07) is 132. The molecule has 0 amide bonds. The first kappa shape index (κ1) is 56.6. The number of nitrogens with zero attached hydrogens (tertiary/aromatic N) is 2. The Kier molecular flexibility index (Phi) is 13.1. The van der Waals surface area contributed by atoms with E-state index in [0.717, 1.165) is 39.4 Å². The molecule has 17 aromatic rings. The van der Waals surface area contributed by atoms with E-state index in [1.807, 2.05) is 11.3 Å². The maximum Gasteiger partial charge on any atom is 0.0714 e. The summed E-state index contributed by atoms with van der Waals surface area (Å²) in [5, 5.41) is 5.05. The SMILES string of the molecule is Cc1ccc2c(c1)C(c1ccccc1)(c1ccccc1)c1cc(N(c3ccc(-c4ccc5c(c4)c4cc(-c6ccccc6)ccc4n5-c4ccc(-c5cccc6c5sc5ccccc56)cc4)cc3)c3ccc4c(c3)C(c3ccccc3)(c3ccccc3)c3cc(C)ccc3-4)ccc1-2. The van der Waals surface area contributed by atoms with Crippen LogP contribution in [0.25, 0.3) is 103 Å². The Balaban J connectivity index is 0.789. The van der Waals surface area contributed by atoms with E-state index >= 15 is 0 Å². The smallest absolute Gasteiger partial charge is 0.0714 e. The van der Waals surface area contributed by atoms with Gasteiger partial charge in [0.1, 0.15) is 0 Å². The lowest BCUT2D eigenvalue weighted by Gasteiger charge is -2.36. The molecule has 97 heavy (non-hydrogen) atoms. The molecule has 2 aliphatic rings. The van der Waals surface area contributed by atoms with E-state index in [1.54, 1.807) is 0 Å². The lowest BCUT2D eigenvalue weighted by atomic mass is 9.67. The van der Waals surface area contributed by atoms with Gasteiger partial charge in [-0.2, -0.15) is 0 Å². The molecule has 2 aliphatic carbocycles. The topological polar surface area (TPSA) is 8.17 Å². The van der Waals surface area contributed by atoms with Gasteiger partial charge in [0.05, 0.1) is 21.9 Å². The minimum atomic E-state index is -0.597. The highest BCUT2D eigenvalue weighted by Crippen LogP contribution is 2.60. The van der Waals surface area contributed by atoms with Crippen LogP contribution in [0.2, 0.25) is 0 Å². The minimum Gasteiger partial charge on any atom is -0.310 e. The second-order valence-electron chi connectivity index (χ2n) is 26.4. The number of hydrogen-bond acceptors (Lipinski definition) is 2. The van der Waals surface area contributed by atoms with Gasteiger partial charge in [-0.05, 0) is 193 Å². The van der Waals surface area contributed by atoms with Gasteiger partial charge in [-0.1, -0.05) is 284 Å². The predicted molar refractivity (Wildman–Crippen MR) is 409 cm³/mol. The second-order valence-corrected chi connectivity index (χ2v) is 27.4. The number of anilines is 3. The molecular formula is C94H64N2S. The zero-order valence-electron chi connectivity index (χ0n) is 53.8. The largest absolute Gasteiger partial charge is 0.310 e. The molecule has 0 spiro atoms. The lowest BCUT2D eigenvalue weighted by Crippen LogP contribution is -2.29. The third kappa shape index (κ3) is 8.72. The third-order valence-corrected chi connectivity index (χ3v) is 22.3. The van der Waals surface area contributed by atoms with E-state index in [9.17, 15) is 0 Å². The van der Waals surface area contributed by atoms with Gasteiger partial charge in [-0.25, -0.2) is 0 Å². The van der Waals surface area contributed by atoms with Crippen LogP contribution in [0.5, 0.6) is 0 Å². The molecule has 0 fully saturated rings. The zero-order valence-corrected chi connectivity index (χ0v) is 54.6. The minimum absolute atomic E-state index is 0.597. The summed E-state index contributed by atoms with van der Waals surface area (Å²) in [7, 11) is 0. The molecule has 15 aromatic carbocycles. The first-order valence-corrected chi connectivity index (χ1v) is 34.5. The van der Waals surface area contributed by atoms with Crippen LogP contribution in [0.15, 0.2) is 352 Å². The summed E-state index contributed by atoms with van der Waals surface area (Å²) in [5.74, 6) is 0. The van der Waals surface area contributed by atoms with Crippen molar-refractivity contribution >= 4 is 70.4 Å². The van der Waals surface area contributed by atoms with Gasteiger partial charge in [0.25, 0.3) is 0 Å². The predicted octanol–water partition coefficient (Wildman–Crippen LogP) is 25.0. The number of rotatable bonds is 11. The van der Waals surface area contributed by atoms with Gasteiger partial charge in [-0.3, -0.25) is 0 Å². The summed E-state index contributed by atoms with van der Waals surface area (Å²) >= 11 is 1.88. The van der Waals surface area contributed by atoms with Crippen molar-refractivity contribution in [2.24, 2.45) is 0 Å². The molecule has 0 unspecified atom stereocenters. The normalized spacial score (nSPS) is 13.2. The first-order valence-electron chi connectivity index (χ1n) is 33.7. The zero-order chi connectivity index (χ0) is 64.3. The number of hydrogen-bond donors (Lipinski definition) is 0. The van der Waals surface area contributed by atoms with Crippen molar-refractivity contribution in [3.8, 4) is 61.3 Å². The van der Waals surface area contributed by atoms with Crippen LogP contribution in [-0.2, 0) is 10.8 Å². The Morgan fingerprint density at radius 2 is 0.660 bits per heavy atom. The van der Waals surface area contributed by atoms with E-state index in [4.69, 9.17) is 0 Å². The molecule has 3 heteroatoms. The fourth-order valence-electron chi connectivity index (χ4n) is 16.8. The molecule has 0 saturated heterocycles. The molecule has 2 aromatic heterocycles. The standard InChI is InChI=1S/C94H64N2S/c1-61-35-49-77-79-51-47-74(59-87(79)93(85(77)55-61,68-23-10-4-11-24-68)69-25-12-5-13-26-69)95(75-48-52-80-78-50-36-62(2)56-86(78)94(88(80)60-75,70-27-14-6-15-28-70)71-29-16-7-17-30-71)72-43-37-64(38-44-72)67-42-54-90-84(58-67)83-57-66(63-21-8-3-9-22-63)41-53-89(83)96(90)73-45-39-65(40-46-73)76-32-20-33-82-81-31-18-19-34-91(81)97-92(76)82/h3-60H,1-2H3. The average molecular weight is 1250 g/mol. The van der Waals surface area contributed by atoms with Crippen molar-refractivity contribution in [1.29, 1.82) is 0 Å². The Labute approximate surface area is 569 Å². The van der Waals surface area contributed by atoms with Crippen molar-refractivity contribution in [2.75, 3.05) is 4.90 Å². The molecule has 0 bridgehead atoms. The number of fused-ring (bicyclic) bond motifs is 12. The Hall–Kier alpha value is -11.9. The molecule has 2 heterocycles. The first-order chi connectivity index (χ1) is 47.9. The number of aryl methyl sites for hydroxylation is 2. The fourth-order valence-corrected chi connectivity index (χ4v) is 18.0. The van der Waals surface area contributed by atoms with Gasteiger partial charge in [0.2, 0.25) is 0 Å². The van der Waals surface area contributed by atoms with Gasteiger partial charge in [0, 0.05) is 53.7 Å². The molecule has 456 valence electrons. The highest BCUT2D eigenvalue weighted by molar-refractivity contribution is 7.26. The average Bonchev–Trinajstić information content (AvgIpc) is 1.56. The van der Waals surface area contributed by atoms with Crippen molar-refractivity contribution in [3.63, 3.8) is 0 Å². The molecule has 0 aliphatic heterocycles. The quantitative estimate of drug-likeness (QED) is 0.125. The molecule has 0 N–H and O–H groups in total. The summed E-state index contributed by atoms with van der Waals surface area (Å²) < 4.78 is 5.10. The van der Waals surface area contributed by atoms with Crippen molar-refractivity contribution < 1.29 is 0 Å². The molecule has 0 radical (unpaired) electrons. The number of benzene rings is 15. The van der Waals surface area contributed by atoms with E-state index in [-0.39, 0.29) is 0 Å². The van der Waals surface area contributed by atoms with Crippen LogP contribution >= 0.6 is 11.3 Å². The monoisotopic (exact) mass is 1250 g/mol. The Morgan fingerprint density at radius 1 is 0.268 bits per heavy atom. The van der Waals surface area contributed by atoms with E-state index in [1.165, 1.54) is 137 Å². The van der Waals surface area contributed by atoms with Crippen molar-refractivity contribution in [3.05, 3.63) is 407 Å². The second kappa shape index (κ2) is 22.4. The summed E-state index contributed by atoms with van der Waals surface area (Å²) in [5.41, 5.74) is 30.3. The summed E-state index contributed by atoms with van der Waals surface area (Å²) in [4.78, 5) is 2.52. The summed E-state index contributed by atoms with van der Waals surface area (Å²) in [6.07, 6.45) is 0. The molecule has 2 nitrogen and oxygen atoms in total. The number of thiophene rings is 1. The lowest BCUT2D eigenvalue weighted by molar-refractivity contribution is 0.766. The maximum atomic E-state index is 2.52. The van der Waals surface area contributed by atoms with E-state index < -0.39 is 10.8 Å². The highest BCUT2D eigenvalue weighted by Gasteiger charge is 2.48. The molecule has 0 atom stereocenters.